The summed E-state index contributed by atoms with van der Waals surface area (Å²) in [4.78, 5) is 27.2. The molecule has 3 aromatic carbocycles. The van der Waals surface area contributed by atoms with Gasteiger partial charge in [0.05, 0.1) is 17.1 Å². The van der Waals surface area contributed by atoms with Crippen molar-refractivity contribution in [2.45, 2.75) is 13.8 Å². The smallest absolute Gasteiger partial charge is 0.293 e. The number of carbonyl (C=O) groups is 2. The fraction of sp³-hybridized carbons (Fsp3) is 0.143. The second-order valence-corrected chi connectivity index (χ2v) is 9.15. The lowest BCUT2D eigenvalue weighted by Crippen LogP contribution is -2.32. The van der Waals surface area contributed by atoms with Crippen LogP contribution in [0.25, 0.3) is 22.5 Å². The van der Waals surface area contributed by atoms with Gasteiger partial charge in [-0.15, -0.1) is 0 Å². The highest BCUT2D eigenvalue weighted by Gasteiger charge is 2.35. The number of carbonyl (C=O) groups excluding carboxylic acids is 2. The fourth-order valence-corrected chi connectivity index (χ4v) is 5.17. The summed E-state index contributed by atoms with van der Waals surface area (Å²) in [5, 5.41) is 2.07. The first kappa shape index (κ1) is 22.0. The molecule has 170 valence electrons. The highest BCUT2D eigenvalue weighted by atomic mass is 32.2. The first-order chi connectivity index (χ1) is 16.5. The Kier molecular flexibility index (Phi) is 5.99. The number of ether oxygens (including phenoxy) is 1. The third-order valence-corrected chi connectivity index (χ3v) is 6.87. The van der Waals surface area contributed by atoms with Crippen molar-refractivity contribution in [3.63, 3.8) is 0 Å². The minimum Gasteiger partial charge on any atom is -0.492 e. The van der Waals surface area contributed by atoms with Gasteiger partial charge in [-0.25, -0.2) is 0 Å². The minimum atomic E-state index is -0.276. The predicted molar refractivity (Wildman–Crippen MR) is 137 cm³/mol. The number of para-hydroxylation sites is 1. The molecule has 5 nitrogen and oxygen atoms in total. The molecule has 4 aromatic rings. The van der Waals surface area contributed by atoms with Crippen LogP contribution in [0.2, 0.25) is 0 Å². The molecule has 0 radical (unpaired) electrons. The Morgan fingerprint density at radius 2 is 1.65 bits per heavy atom. The van der Waals surface area contributed by atoms with Gasteiger partial charge in [0.15, 0.2) is 0 Å². The van der Waals surface area contributed by atoms with Crippen LogP contribution in [0, 0.1) is 13.8 Å². The third kappa shape index (κ3) is 4.13. The molecular weight excluding hydrogens is 444 g/mol. The van der Waals surface area contributed by atoms with Gasteiger partial charge in [-0.1, -0.05) is 54.6 Å². The number of aryl methyl sites for hydroxylation is 1. The lowest BCUT2D eigenvalue weighted by molar-refractivity contribution is -0.123. The first-order valence-electron chi connectivity index (χ1n) is 11.1. The van der Waals surface area contributed by atoms with E-state index in [1.165, 1.54) is 10.3 Å². The van der Waals surface area contributed by atoms with E-state index in [0.29, 0.717) is 10.7 Å². The topological polar surface area (TPSA) is 51.5 Å². The van der Waals surface area contributed by atoms with Crippen molar-refractivity contribution < 1.29 is 14.3 Å². The van der Waals surface area contributed by atoms with Gasteiger partial charge in [-0.3, -0.25) is 14.5 Å². The maximum absolute atomic E-state index is 13.0. The molecule has 0 unspecified atom stereocenters. The second kappa shape index (κ2) is 9.23. The number of thioether (sulfide) groups is 1. The Balaban J connectivity index is 1.39. The van der Waals surface area contributed by atoms with Gasteiger partial charge in [0.25, 0.3) is 11.1 Å². The molecule has 2 amide bonds. The van der Waals surface area contributed by atoms with E-state index in [-0.39, 0.29) is 24.3 Å². The molecular formula is C28H24N2O3S. The molecule has 0 bridgehead atoms. The molecule has 1 aliphatic rings. The Bertz CT molecular complexity index is 1420. The zero-order valence-electron chi connectivity index (χ0n) is 19.0. The first-order valence-corrected chi connectivity index (χ1v) is 11.9. The molecule has 1 aromatic heterocycles. The van der Waals surface area contributed by atoms with E-state index in [2.05, 4.69) is 47.9 Å². The summed E-state index contributed by atoms with van der Waals surface area (Å²) in [7, 11) is 0. The number of nitrogens with zero attached hydrogens (tertiary/aromatic N) is 2. The largest absolute Gasteiger partial charge is 0.492 e. The third-order valence-electron chi connectivity index (χ3n) is 5.96. The van der Waals surface area contributed by atoms with Crippen molar-refractivity contribution in [1.29, 1.82) is 0 Å². The van der Waals surface area contributed by atoms with Crippen molar-refractivity contribution in [3.05, 3.63) is 101 Å². The molecule has 1 saturated heterocycles. The average Bonchev–Trinajstić information content (AvgIpc) is 3.28. The van der Waals surface area contributed by atoms with Crippen LogP contribution < -0.4 is 4.74 Å². The number of benzene rings is 3. The second-order valence-electron chi connectivity index (χ2n) is 8.16. The Labute approximate surface area is 202 Å². The summed E-state index contributed by atoms with van der Waals surface area (Å²) >= 11 is 0.979. The number of fused-ring (bicyclic) bond motifs is 1. The molecule has 2 heterocycles. The van der Waals surface area contributed by atoms with Crippen LogP contribution in [0.15, 0.2) is 83.8 Å². The molecule has 34 heavy (non-hydrogen) atoms. The van der Waals surface area contributed by atoms with Gasteiger partial charge in [0.2, 0.25) is 0 Å². The standard InChI is InChI=1S/C28H24N2O3S/c1-19-17-22(20(2)30(19)25-14-8-10-21-9-6-7-13-24(21)25)18-26-27(31)29(28(32)34-26)15-16-33-23-11-4-3-5-12-23/h3-14,17-18H,15-16H2,1-2H3/b26-18-. The molecule has 1 fully saturated rings. The van der Waals surface area contributed by atoms with Crippen LogP contribution in [-0.2, 0) is 4.79 Å². The Morgan fingerprint density at radius 1 is 0.912 bits per heavy atom. The van der Waals surface area contributed by atoms with Crippen LogP contribution in [0.5, 0.6) is 5.75 Å². The zero-order chi connectivity index (χ0) is 23.7. The van der Waals surface area contributed by atoms with Gasteiger partial charge in [-0.2, -0.15) is 0 Å². The monoisotopic (exact) mass is 468 g/mol. The number of hydrogen-bond donors (Lipinski definition) is 0. The van der Waals surface area contributed by atoms with Crippen molar-refractivity contribution in [1.82, 2.24) is 9.47 Å². The van der Waals surface area contributed by atoms with E-state index in [4.69, 9.17) is 4.74 Å². The van der Waals surface area contributed by atoms with Crippen molar-refractivity contribution >= 4 is 39.8 Å². The Morgan fingerprint density at radius 3 is 2.47 bits per heavy atom. The molecule has 0 N–H and O–H groups in total. The number of amides is 2. The van der Waals surface area contributed by atoms with E-state index >= 15 is 0 Å². The molecule has 5 rings (SSSR count). The molecule has 6 heteroatoms. The SMILES string of the molecule is Cc1cc(/C=C2\SC(=O)N(CCOc3ccccc3)C2=O)c(C)n1-c1cccc2ccccc12. The van der Waals surface area contributed by atoms with Crippen molar-refractivity contribution in [3.8, 4) is 11.4 Å². The summed E-state index contributed by atoms with van der Waals surface area (Å²) < 4.78 is 7.86. The van der Waals surface area contributed by atoms with E-state index in [1.807, 2.05) is 55.5 Å². The van der Waals surface area contributed by atoms with Gasteiger partial charge in [-0.05, 0) is 66.9 Å². The van der Waals surface area contributed by atoms with Crippen LogP contribution in [0.3, 0.4) is 0 Å². The van der Waals surface area contributed by atoms with Crippen LogP contribution >= 0.6 is 11.8 Å². The van der Waals surface area contributed by atoms with Crippen LogP contribution in [0.1, 0.15) is 17.0 Å². The highest BCUT2D eigenvalue weighted by Crippen LogP contribution is 2.34. The summed E-state index contributed by atoms with van der Waals surface area (Å²) in [5.74, 6) is 0.438. The summed E-state index contributed by atoms with van der Waals surface area (Å²) in [6, 6.07) is 26.0. The predicted octanol–water partition coefficient (Wildman–Crippen LogP) is 6.36. The van der Waals surface area contributed by atoms with Crippen molar-refractivity contribution in [2.24, 2.45) is 0 Å². The van der Waals surface area contributed by atoms with Crippen molar-refractivity contribution in [2.75, 3.05) is 13.2 Å². The van der Waals surface area contributed by atoms with E-state index < -0.39 is 0 Å². The summed E-state index contributed by atoms with van der Waals surface area (Å²) in [5.41, 5.74) is 4.11. The van der Waals surface area contributed by atoms with E-state index in [9.17, 15) is 9.59 Å². The minimum absolute atomic E-state index is 0.214. The van der Waals surface area contributed by atoms with Gasteiger partial charge in [0.1, 0.15) is 12.4 Å². The summed E-state index contributed by atoms with van der Waals surface area (Å²) in [6.45, 7) is 4.56. The maximum atomic E-state index is 13.0. The highest BCUT2D eigenvalue weighted by molar-refractivity contribution is 8.18. The van der Waals surface area contributed by atoms with Gasteiger partial charge >= 0.3 is 0 Å². The molecule has 1 aliphatic heterocycles. The molecule has 0 spiro atoms. The molecule has 0 aliphatic carbocycles. The lowest BCUT2D eigenvalue weighted by Gasteiger charge is -2.13. The van der Waals surface area contributed by atoms with Gasteiger partial charge in [0, 0.05) is 16.8 Å². The molecule has 0 saturated carbocycles. The van der Waals surface area contributed by atoms with E-state index in [0.717, 1.165) is 39.8 Å². The Hall–Kier alpha value is -3.77. The summed E-state index contributed by atoms with van der Waals surface area (Å²) in [6.07, 6.45) is 1.83. The lowest BCUT2D eigenvalue weighted by atomic mass is 10.1. The average molecular weight is 469 g/mol. The number of rotatable bonds is 6. The quantitative estimate of drug-likeness (QED) is 0.309. The van der Waals surface area contributed by atoms with Gasteiger partial charge < -0.3 is 9.30 Å². The number of imide groups is 1. The maximum Gasteiger partial charge on any atom is 0.293 e. The zero-order valence-corrected chi connectivity index (χ0v) is 19.8. The van der Waals surface area contributed by atoms with E-state index in [1.54, 1.807) is 0 Å². The fourth-order valence-electron chi connectivity index (χ4n) is 4.31. The number of aromatic nitrogens is 1. The molecule has 0 atom stereocenters. The number of hydrogen-bond acceptors (Lipinski definition) is 4. The normalized spacial score (nSPS) is 15.0. The van der Waals surface area contributed by atoms with Crippen LogP contribution in [0.4, 0.5) is 4.79 Å². The van der Waals surface area contributed by atoms with Crippen LogP contribution in [-0.4, -0.2) is 33.8 Å².